The highest BCUT2D eigenvalue weighted by molar-refractivity contribution is 6.33. The highest BCUT2D eigenvalue weighted by atomic mass is 35.5. The molecular formula is C15H14Cl2N2O. The van der Waals surface area contributed by atoms with Crippen molar-refractivity contribution in [1.29, 1.82) is 0 Å². The Balaban J connectivity index is 2.32. The van der Waals surface area contributed by atoms with Gasteiger partial charge in [0.25, 0.3) is 5.91 Å². The number of halogens is 2. The van der Waals surface area contributed by atoms with Crippen molar-refractivity contribution in [3.05, 3.63) is 57.6 Å². The molecule has 0 atom stereocenters. The fourth-order valence-corrected chi connectivity index (χ4v) is 2.36. The maximum atomic E-state index is 12.3. The molecular weight excluding hydrogens is 295 g/mol. The molecule has 3 N–H and O–H groups in total. The van der Waals surface area contributed by atoms with E-state index >= 15 is 0 Å². The van der Waals surface area contributed by atoms with Gasteiger partial charge < -0.3 is 11.1 Å². The van der Waals surface area contributed by atoms with Crippen molar-refractivity contribution < 1.29 is 4.79 Å². The summed E-state index contributed by atoms with van der Waals surface area (Å²) in [5, 5.41) is 3.82. The molecule has 0 aliphatic carbocycles. The minimum atomic E-state index is -0.229. The molecule has 0 aromatic heterocycles. The Labute approximate surface area is 127 Å². The van der Waals surface area contributed by atoms with Gasteiger partial charge in [-0.15, -0.1) is 0 Å². The fraction of sp³-hybridized carbons (Fsp3) is 0.133. The van der Waals surface area contributed by atoms with E-state index in [0.29, 0.717) is 33.4 Å². The molecule has 0 aliphatic heterocycles. The highest BCUT2D eigenvalue weighted by Crippen LogP contribution is 2.27. The number of carbonyl (C=O) groups is 1. The second kappa shape index (κ2) is 6.16. The van der Waals surface area contributed by atoms with E-state index < -0.39 is 0 Å². The maximum absolute atomic E-state index is 12.3. The number of rotatable bonds is 3. The molecule has 0 saturated heterocycles. The van der Waals surface area contributed by atoms with Crippen molar-refractivity contribution in [2.75, 3.05) is 11.1 Å². The Hall–Kier alpha value is -1.71. The number of anilines is 2. The highest BCUT2D eigenvalue weighted by Gasteiger charge is 2.15. The van der Waals surface area contributed by atoms with Gasteiger partial charge in [0.2, 0.25) is 0 Å². The van der Waals surface area contributed by atoms with E-state index in [0.717, 1.165) is 5.56 Å². The summed E-state index contributed by atoms with van der Waals surface area (Å²) in [4.78, 5) is 12.3. The summed E-state index contributed by atoms with van der Waals surface area (Å²) in [7, 11) is 0. The van der Waals surface area contributed by atoms with Crippen molar-refractivity contribution in [1.82, 2.24) is 0 Å². The topological polar surface area (TPSA) is 55.1 Å². The second-order valence-corrected chi connectivity index (χ2v) is 5.15. The van der Waals surface area contributed by atoms with Crippen molar-refractivity contribution in [2.45, 2.75) is 13.3 Å². The summed E-state index contributed by atoms with van der Waals surface area (Å²) in [6, 6.07) is 10.3. The van der Waals surface area contributed by atoms with Crippen molar-refractivity contribution in [3.63, 3.8) is 0 Å². The Morgan fingerprint density at radius 2 is 2.00 bits per heavy atom. The standard InChI is InChI=1S/C15H14Cl2N2O/c1-2-11-12(6-7-13(17)14(11)18)15(20)19-10-5-3-4-9(16)8-10/h3-8H,2,18H2,1H3,(H,19,20). The summed E-state index contributed by atoms with van der Waals surface area (Å²) in [5.41, 5.74) is 8.27. The lowest BCUT2D eigenvalue weighted by Gasteiger charge is -2.12. The summed E-state index contributed by atoms with van der Waals surface area (Å²) >= 11 is 11.9. The fourth-order valence-electron chi connectivity index (χ4n) is 1.99. The first-order valence-corrected chi connectivity index (χ1v) is 6.92. The third-order valence-corrected chi connectivity index (χ3v) is 3.55. The zero-order chi connectivity index (χ0) is 14.7. The minimum absolute atomic E-state index is 0.229. The zero-order valence-corrected chi connectivity index (χ0v) is 12.4. The molecule has 2 rings (SSSR count). The molecule has 0 heterocycles. The number of amides is 1. The van der Waals surface area contributed by atoms with Crippen LogP contribution < -0.4 is 11.1 Å². The first-order valence-electron chi connectivity index (χ1n) is 6.16. The molecule has 0 bridgehead atoms. The van der Waals surface area contributed by atoms with Gasteiger partial charge in [0.15, 0.2) is 0 Å². The molecule has 1 amide bonds. The minimum Gasteiger partial charge on any atom is -0.397 e. The van der Waals surface area contributed by atoms with Crippen LogP contribution in [0.25, 0.3) is 0 Å². The second-order valence-electron chi connectivity index (χ2n) is 4.31. The van der Waals surface area contributed by atoms with Crippen LogP contribution in [0.15, 0.2) is 36.4 Å². The third kappa shape index (κ3) is 3.06. The van der Waals surface area contributed by atoms with E-state index in [2.05, 4.69) is 5.32 Å². The van der Waals surface area contributed by atoms with E-state index in [1.54, 1.807) is 36.4 Å². The average molecular weight is 309 g/mol. The summed E-state index contributed by atoms with van der Waals surface area (Å²) in [6.07, 6.45) is 0.630. The molecule has 0 fully saturated rings. The van der Waals surface area contributed by atoms with Crippen LogP contribution in [-0.2, 0) is 6.42 Å². The van der Waals surface area contributed by atoms with Gasteiger partial charge in [-0.3, -0.25) is 4.79 Å². The zero-order valence-electron chi connectivity index (χ0n) is 10.9. The molecule has 0 saturated carbocycles. The Morgan fingerprint density at radius 3 is 2.65 bits per heavy atom. The first kappa shape index (κ1) is 14.7. The van der Waals surface area contributed by atoms with E-state index in [9.17, 15) is 4.79 Å². The van der Waals surface area contributed by atoms with Gasteiger partial charge in [-0.2, -0.15) is 0 Å². The average Bonchev–Trinajstić information content (AvgIpc) is 2.41. The number of hydrogen-bond acceptors (Lipinski definition) is 2. The van der Waals surface area contributed by atoms with Crippen LogP contribution in [0, 0.1) is 0 Å². The lowest BCUT2D eigenvalue weighted by Crippen LogP contribution is -2.15. The molecule has 0 spiro atoms. The van der Waals surface area contributed by atoms with Crippen LogP contribution in [0.5, 0.6) is 0 Å². The van der Waals surface area contributed by atoms with Gasteiger partial charge in [-0.25, -0.2) is 0 Å². The van der Waals surface area contributed by atoms with Crippen LogP contribution in [0.3, 0.4) is 0 Å². The van der Waals surface area contributed by atoms with Crippen LogP contribution in [0.4, 0.5) is 11.4 Å². The normalized spacial score (nSPS) is 10.3. The number of benzene rings is 2. The Kier molecular flexibility index (Phi) is 4.53. The Morgan fingerprint density at radius 1 is 1.25 bits per heavy atom. The van der Waals surface area contributed by atoms with Crippen LogP contribution >= 0.6 is 23.2 Å². The van der Waals surface area contributed by atoms with Crippen LogP contribution in [0.2, 0.25) is 10.0 Å². The maximum Gasteiger partial charge on any atom is 0.256 e. The molecule has 3 nitrogen and oxygen atoms in total. The predicted molar refractivity (Wildman–Crippen MR) is 84.6 cm³/mol. The molecule has 0 unspecified atom stereocenters. The SMILES string of the molecule is CCc1c(C(=O)Nc2cccc(Cl)c2)ccc(Cl)c1N. The van der Waals surface area contributed by atoms with Gasteiger partial charge >= 0.3 is 0 Å². The molecule has 0 radical (unpaired) electrons. The van der Waals surface area contributed by atoms with E-state index in [-0.39, 0.29) is 5.91 Å². The number of nitrogens with two attached hydrogens (primary N) is 1. The smallest absolute Gasteiger partial charge is 0.256 e. The third-order valence-electron chi connectivity index (χ3n) is 2.98. The van der Waals surface area contributed by atoms with Gasteiger partial charge in [-0.1, -0.05) is 36.2 Å². The molecule has 104 valence electrons. The molecule has 0 aliphatic rings. The molecule has 2 aromatic carbocycles. The molecule has 5 heteroatoms. The Bertz CT molecular complexity index is 656. The molecule has 20 heavy (non-hydrogen) atoms. The first-order chi connectivity index (χ1) is 9.52. The quantitative estimate of drug-likeness (QED) is 0.826. The molecule has 2 aromatic rings. The van der Waals surface area contributed by atoms with Crippen LogP contribution in [0.1, 0.15) is 22.8 Å². The van der Waals surface area contributed by atoms with Crippen molar-refractivity contribution in [3.8, 4) is 0 Å². The predicted octanol–water partition coefficient (Wildman–Crippen LogP) is 4.39. The van der Waals surface area contributed by atoms with Crippen molar-refractivity contribution in [2.24, 2.45) is 0 Å². The number of nitrogens with one attached hydrogen (secondary N) is 1. The number of hydrogen-bond donors (Lipinski definition) is 2. The van der Waals surface area contributed by atoms with Gasteiger partial charge in [0, 0.05) is 16.3 Å². The van der Waals surface area contributed by atoms with E-state index in [1.165, 1.54) is 0 Å². The van der Waals surface area contributed by atoms with Gasteiger partial charge in [0.1, 0.15) is 0 Å². The van der Waals surface area contributed by atoms with E-state index in [1.807, 2.05) is 6.92 Å². The lowest BCUT2D eigenvalue weighted by molar-refractivity contribution is 0.102. The van der Waals surface area contributed by atoms with Crippen LogP contribution in [-0.4, -0.2) is 5.91 Å². The number of carbonyl (C=O) groups excluding carboxylic acids is 1. The van der Waals surface area contributed by atoms with Gasteiger partial charge in [0.05, 0.1) is 10.7 Å². The van der Waals surface area contributed by atoms with Crippen molar-refractivity contribution >= 4 is 40.5 Å². The summed E-state index contributed by atoms with van der Waals surface area (Å²) < 4.78 is 0. The van der Waals surface area contributed by atoms with E-state index in [4.69, 9.17) is 28.9 Å². The summed E-state index contributed by atoms with van der Waals surface area (Å²) in [5.74, 6) is -0.229. The number of nitrogen functional groups attached to an aromatic ring is 1. The monoisotopic (exact) mass is 308 g/mol. The summed E-state index contributed by atoms with van der Waals surface area (Å²) in [6.45, 7) is 1.93. The largest absolute Gasteiger partial charge is 0.397 e. The van der Waals surface area contributed by atoms with Gasteiger partial charge in [-0.05, 0) is 42.3 Å². The lowest BCUT2D eigenvalue weighted by atomic mass is 10.0.